The number of aromatic nitrogens is 2. The Balaban J connectivity index is 2.13. The van der Waals surface area contributed by atoms with Gasteiger partial charge in [-0.3, -0.25) is 0 Å². The van der Waals surface area contributed by atoms with Crippen LogP contribution in [-0.4, -0.2) is 40.9 Å². The van der Waals surface area contributed by atoms with Gasteiger partial charge in [0, 0.05) is 24.5 Å². The highest BCUT2D eigenvalue weighted by Crippen LogP contribution is 2.14. The topological polar surface area (TPSA) is 58.5 Å². The molecule has 1 aromatic rings. The second-order valence-electron chi connectivity index (χ2n) is 3.67. The molecule has 2 rings (SSSR count). The Morgan fingerprint density at radius 1 is 1.53 bits per heavy atom. The van der Waals surface area contributed by atoms with Gasteiger partial charge >= 0.3 is 0 Å². The molecule has 0 spiro atoms. The van der Waals surface area contributed by atoms with Crippen LogP contribution in [0.15, 0.2) is 12.4 Å². The summed E-state index contributed by atoms with van der Waals surface area (Å²) in [7, 11) is 0. The predicted octanol–water partition coefficient (Wildman–Crippen LogP) is 0.194. The van der Waals surface area contributed by atoms with Crippen molar-refractivity contribution in [2.24, 2.45) is 0 Å². The summed E-state index contributed by atoms with van der Waals surface area (Å²) in [5.41, 5.74) is 0.736. The van der Waals surface area contributed by atoms with Crippen molar-refractivity contribution in [2.75, 3.05) is 24.7 Å². The van der Waals surface area contributed by atoms with Crippen LogP contribution in [0.25, 0.3) is 0 Å². The van der Waals surface area contributed by atoms with Crippen LogP contribution in [0.3, 0.4) is 0 Å². The molecule has 1 aliphatic rings. The Labute approximate surface area is 88.7 Å². The van der Waals surface area contributed by atoms with Crippen LogP contribution in [0.2, 0.25) is 0 Å². The second-order valence-corrected chi connectivity index (χ2v) is 3.67. The first kappa shape index (κ1) is 10.3. The van der Waals surface area contributed by atoms with Crippen molar-refractivity contribution >= 4 is 5.95 Å². The van der Waals surface area contributed by atoms with E-state index in [2.05, 4.69) is 21.8 Å². The number of hydrogen-bond donors (Lipinski definition) is 1. The van der Waals surface area contributed by atoms with E-state index in [-0.39, 0.29) is 6.61 Å². The SMILES string of the molecule is CC1COCCN1c1ncc(CO)cn1. The number of ether oxygens (including phenoxy) is 1. The molecule has 1 aliphatic heterocycles. The molecule has 2 heterocycles. The molecule has 15 heavy (non-hydrogen) atoms. The lowest BCUT2D eigenvalue weighted by atomic mass is 10.3. The van der Waals surface area contributed by atoms with Gasteiger partial charge in [-0.15, -0.1) is 0 Å². The Hall–Kier alpha value is -1.20. The second kappa shape index (κ2) is 4.55. The fourth-order valence-corrected chi connectivity index (χ4v) is 1.60. The molecule has 1 unspecified atom stereocenters. The molecule has 1 fully saturated rings. The van der Waals surface area contributed by atoms with Gasteiger partial charge in [0.05, 0.1) is 25.9 Å². The van der Waals surface area contributed by atoms with Gasteiger partial charge in [0.2, 0.25) is 5.95 Å². The number of anilines is 1. The van der Waals surface area contributed by atoms with Crippen LogP contribution in [-0.2, 0) is 11.3 Å². The lowest BCUT2D eigenvalue weighted by Crippen LogP contribution is -2.44. The molecule has 1 N–H and O–H groups in total. The van der Waals surface area contributed by atoms with E-state index < -0.39 is 0 Å². The van der Waals surface area contributed by atoms with Gasteiger partial charge in [-0.05, 0) is 6.92 Å². The first-order valence-electron chi connectivity index (χ1n) is 5.07. The molecule has 0 aromatic carbocycles. The minimum absolute atomic E-state index is 0.0149. The van der Waals surface area contributed by atoms with E-state index >= 15 is 0 Å². The zero-order valence-electron chi connectivity index (χ0n) is 8.76. The molecule has 1 aromatic heterocycles. The smallest absolute Gasteiger partial charge is 0.225 e. The summed E-state index contributed by atoms with van der Waals surface area (Å²) in [6, 6.07) is 0.304. The van der Waals surface area contributed by atoms with Crippen molar-refractivity contribution in [1.29, 1.82) is 0 Å². The first-order valence-corrected chi connectivity index (χ1v) is 5.07. The third-order valence-corrected chi connectivity index (χ3v) is 2.50. The Morgan fingerprint density at radius 3 is 2.87 bits per heavy atom. The molecular weight excluding hydrogens is 194 g/mol. The van der Waals surface area contributed by atoms with Crippen LogP contribution >= 0.6 is 0 Å². The van der Waals surface area contributed by atoms with Gasteiger partial charge in [0.25, 0.3) is 0 Å². The third-order valence-electron chi connectivity index (χ3n) is 2.50. The molecule has 1 saturated heterocycles. The van der Waals surface area contributed by atoms with E-state index in [4.69, 9.17) is 9.84 Å². The molecule has 1 atom stereocenters. The molecule has 5 nitrogen and oxygen atoms in total. The van der Waals surface area contributed by atoms with Gasteiger partial charge in [0.1, 0.15) is 0 Å². The molecule has 82 valence electrons. The fourth-order valence-electron chi connectivity index (χ4n) is 1.60. The number of rotatable bonds is 2. The number of nitrogens with zero attached hydrogens (tertiary/aromatic N) is 3. The molecular formula is C10H15N3O2. The predicted molar refractivity (Wildman–Crippen MR) is 55.6 cm³/mol. The van der Waals surface area contributed by atoms with E-state index in [1.165, 1.54) is 0 Å². The Morgan fingerprint density at radius 2 is 2.27 bits per heavy atom. The maximum Gasteiger partial charge on any atom is 0.225 e. The van der Waals surface area contributed by atoms with E-state index in [1.54, 1.807) is 12.4 Å². The van der Waals surface area contributed by atoms with Crippen molar-refractivity contribution in [3.05, 3.63) is 18.0 Å². The summed E-state index contributed by atoms with van der Waals surface area (Å²) in [4.78, 5) is 10.6. The summed E-state index contributed by atoms with van der Waals surface area (Å²) in [5, 5.41) is 8.88. The van der Waals surface area contributed by atoms with Crippen molar-refractivity contribution < 1.29 is 9.84 Å². The highest BCUT2D eigenvalue weighted by molar-refractivity contribution is 5.31. The van der Waals surface area contributed by atoms with E-state index in [1.807, 2.05) is 0 Å². The maximum absolute atomic E-state index is 8.88. The van der Waals surface area contributed by atoms with Crippen molar-refractivity contribution in [1.82, 2.24) is 9.97 Å². The van der Waals surface area contributed by atoms with Crippen LogP contribution in [0, 0.1) is 0 Å². The number of morpholine rings is 1. The van der Waals surface area contributed by atoms with Gasteiger partial charge in [-0.25, -0.2) is 9.97 Å². The van der Waals surface area contributed by atoms with E-state index in [0.29, 0.717) is 18.6 Å². The van der Waals surface area contributed by atoms with Crippen LogP contribution < -0.4 is 4.90 Å². The highest BCUT2D eigenvalue weighted by atomic mass is 16.5. The third kappa shape index (κ3) is 2.24. The van der Waals surface area contributed by atoms with Gasteiger partial charge < -0.3 is 14.7 Å². The lowest BCUT2D eigenvalue weighted by molar-refractivity contribution is 0.0980. The van der Waals surface area contributed by atoms with Crippen molar-refractivity contribution in [3.63, 3.8) is 0 Å². The molecule has 0 saturated carbocycles. The number of aliphatic hydroxyl groups excluding tert-OH is 1. The van der Waals surface area contributed by atoms with Gasteiger partial charge in [-0.1, -0.05) is 0 Å². The summed E-state index contributed by atoms with van der Waals surface area (Å²) in [6.07, 6.45) is 3.31. The molecule has 0 aliphatic carbocycles. The van der Waals surface area contributed by atoms with Gasteiger partial charge in [0.15, 0.2) is 0 Å². The molecule has 0 radical (unpaired) electrons. The monoisotopic (exact) mass is 209 g/mol. The van der Waals surface area contributed by atoms with E-state index in [0.717, 1.165) is 18.7 Å². The average molecular weight is 209 g/mol. The summed E-state index contributed by atoms with van der Waals surface area (Å²) >= 11 is 0. The highest BCUT2D eigenvalue weighted by Gasteiger charge is 2.20. The van der Waals surface area contributed by atoms with Gasteiger partial charge in [-0.2, -0.15) is 0 Å². The molecule has 0 bridgehead atoms. The summed E-state index contributed by atoms with van der Waals surface area (Å²) < 4.78 is 5.34. The molecule has 0 amide bonds. The summed E-state index contributed by atoms with van der Waals surface area (Å²) in [6.45, 7) is 4.32. The minimum atomic E-state index is -0.0149. The fraction of sp³-hybridized carbons (Fsp3) is 0.600. The van der Waals surface area contributed by atoms with Crippen LogP contribution in [0.5, 0.6) is 0 Å². The van der Waals surface area contributed by atoms with Crippen LogP contribution in [0.4, 0.5) is 5.95 Å². The number of aliphatic hydroxyl groups is 1. The largest absolute Gasteiger partial charge is 0.392 e. The van der Waals surface area contributed by atoms with Crippen molar-refractivity contribution in [2.45, 2.75) is 19.6 Å². The van der Waals surface area contributed by atoms with Crippen molar-refractivity contribution in [3.8, 4) is 0 Å². The normalized spacial score (nSPS) is 21.7. The minimum Gasteiger partial charge on any atom is -0.392 e. The molecule has 5 heteroatoms. The Kier molecular flexibility index (Phi) is 3.13. The zero-order chi connectivity index (χ0) is 10.7. The lowest BCUT2D eigenvalue weighted by Gasteiger charge is -2.33. The summed E-state index contributed by atoms with van der Waals surface area (Å²) in [5.74, 6) is 0.711. The quantitative estimate of drug-likeness (QED) is 0.753. The number of hydrogen-bond acceptors (Lipinski definition) is 5. The maximum atomic E-state index is 8.88. The standard InChI is InChI=1S/C10H15N3O2/c1-8-7-15-3-2-13(8)10-11-4-9(6-14)5-12-10/h4-5,8,14H,2-3,6-7H2,1H3. The first-order chi connectivity index (χ1) is 7.31. The zero-order valence-corrected chi connectivity index (χ0v) is 8.76. The van der Waals surface area contributed by atoms with E-state index in [9.17, 15) is 0 Å². The van der Waals surface area contributed by atoms with Crippen LogP contribution in [0.1, 0.15) is 12.5 Å². The Bertz CT molecular complexity index is 315. The average Bonchev–Trinajstić information content (AvgIpc) is 2.30.